The zero-order valence-electron chi connectivity index (χ0n) is 13.4. The molecule has 0 saturated heterocycles. The van der Waals surface area contributed by atoms with Crippen molar-refractivity contribution in [3.63, 3.8) is 0 Å². The van der Waals surface area contributed by atoms with Crippen LogP contribution in [0.2, 0.25) is 0 Å². The van der Waals surface area contributed by atoms with Crippen LogP contribution in [0, 0.1) is 0 Å². The van der Waals surface area contributed by atoms with Crippen molar-refractivity contribution in [2.45, 2.75) is 23.8 Å². The van der Waals surface area contributed by atoms with Gasteiger partial charge in [-0.25, -0.2) is 8.42 Å². The van der Waals surface area contributed by atoms with E-state index in [0.29, 0.717) is 16.9 Å². The second-order valence-electron chi connectivity index (χ2n) is 5.79. The molecule has 0 fully saturated rings. The van der Waals surface area contributed by atoms with Gasteiger partial charge in [-0.05, 0) is 35.7 Å². The molecule has 5 nitrogen and oxygen atoms in total. The number of hydrogen-bond acceptors (Lipinski definition) is 4. The van der Waals surface area contributed by atoms with Gasteiger partial charge in [0.15, 0.2) is 9.84 Å². The fourth-order valence-electron chi connectivity index (χ4n) is 2.91. The smallest absolute Gasteiger partial charge is 0.224 e. The number of rotatable bonds is 4. The second kappa shape index (κ2) is 6.65. The third-order valence-corrected chi connectivity index (χ3v) is 5.98. The molecule has 6 heteroatoms. The van der Waals surface area contributed by atoms with E-state index in [1.165, 1.54) is 0 Å². The summed E-state index contributed by atoms with van der Waals surface area (Å²) in [4.78, 5) is 12.6. The fraction of sp³-hybridized carbons (Fsp3) is 0.278. The van der Waals surface area contributed by atoms with Gasteiger partial charge in [0.2, 0.25) is 5.91 Å². The van der Waals surface area contributed by atoms with E-state index in [0.717, 1.165) is 11.3 Å². The summed E-state index contributed by atoms with van der Waals surface area (Å²) in [5.41, 5.74) is 1.55. The summed E-state index contributed by atoms with van der Waals surface area (Å²) in [6.07, 6.45) is 0.642. The maximum absolute atomic E-state index is 12.3. The molecule has 0 bridgehead atoms. The van der Waals surface area contributed by atoms with Gasteiger partial charge in [-0.2, -0.15) is 0 Å². The Hall–Kier alpha value is -2.34. The molecule has 1 atom stereocenters. The zero-order chi connectivity index (χ0) is 17.2. The zero-order valence-corrected chi connectivity index (χ0v) is 14.2. The molecule has 0 aliphatic carbocycles. The molecule has 0 aromatic heterocycles. The number of sulfone groups is 1. The number of fused-ring (bicyclic) bond motifs is 1. The highest BCUT2D eigenvalue weighted by Crippen LogP contribution is 2.31. The predicted octanol–water partition coefficient (Wildman–Crippen LogP) is 2.27. The first-order chi connectivity index (χ1) is 11.5. The van der Waals surface area contributed by atoms with E-state index in [2.05, 4.69) is 5.32 Å². The number of carbonyl (C=O) groups is 1. The lowest BCUT2D eigenvalue weighted by molar-refractivity contribution is -0.121. The van der Waals surface area contributed by atoms with Crippen molar-refractivity contribution in [3.8, 4) is 5.75 Å². The summed E-state index contributed by atoms with van der Waals surface area (Å²) < 4.78 is 29.4. The van der Waals surface area contributed by atoms with Crippen LogP contribution in [0.3, 0.4) is 0 Å². The molecule has 24 heavy (non-hydrogen) atoms. The lowest BCUT2D eigenvalue weighted by Gasteiger charge is -2.26. The number of hydrogen-bond donors (Lipinski definition) is 1. The minimum absolute atomic E-state index is 0.0531. The van der Waals surface area contributed by atoms with Crippen molar-refractivity contribution in [2.24, 2.45) is 0 Å². The Kier molecular flexibility index (Phi) is 4.57. The van der Waals surface area contributed by atoms with Crippen LogP contribution in [0.4, 0.5) is 0 Å². The Morgan fingerprint density at radius 1 is 1.17 bits per heavy atom. The number of amides is 1. The minimum atomic E-state index is -3.24. The monoisotopic (exact) mass is 345 g/mol. The molecule has 1 heterocycles. The quantitative estimate of drug-likeness (QED) is 0.923. The highest BCUT2D eigenvalue weighted by molar-refractivity contribution is 7.91. The molecule has 0 radical (unpaired) electrons. The highest BCUT2D eigenvalue weighted by Gasteiger charge is 2.30. The maximum Gasteiger partial charge on any atom is 0.224 e. The van der Waals surface area contributed by atoms with E-state index in [4.69, 9.17) is 4.74 Å². The topological polar surface area (TPSA) is 72.5 Å². The predicted molar refractivity (Wildman–Crippen MR) is 90.7 cm³/mol. The van der Waals surface area contributed by atoms with Crippen molar-refractivity contribution >= 4 is 15.7 Å². The average Bonchev–Trinajstić information content (AvgIpc) is 2.58. The third-order valence-electron chi connectivity index (χ3n) is 4.16. The first-order valence-corrected chi connectivity index (χ1v) is 9.39. The van der Waals surface area contributed by atoms with Crippen molar-refractivity contribution in [2.75, 3.05) is 12.9 Å². The van der Waals surface area contributed by atoms with Crippen molar-refractivity contribution in [3.05, 3.63) is 59.7 Å². The highest BCUT2D eigenvalue weighted by atomic mass is 32.2. The van der Waals surface area contributed by atoms with Gasteiger partial charge in [-0.3, -0.25) is 4.79 Å². The van der Waals surface area contributed by atoms with Gasteiger partial charge < -0.3 is 10.1 Å². The van der Waals surface area contributed by atoms with E-state index in [-0.39, 0.29) is 24.1 Å². The number of methoxy groups -OCH3 is 1. The Balaban J connectivity index is 1.73. The van der Waals surface area contributed by atoms with Gasteiger partial charge >= 0.3 is 0 Å². The molecule has 2 aromatic carbocycles. The van der Waals surface area contributed by atoms with Crippen molar-refractivity contribution in [1.29, 1.82) is 0 Å². The fourth-order valence-corrected chi connectivity index (χ4v) is 4.54. The van der Waals surface area contributed by atoms with Crippen LogP contribution in [0.5, 0.6) is 5.75 Å². The van der Waals surface area contributed by atoms with E-state index in [1.54, 1.807) is 31.4 Å². The standard InChI is InChI=1S/C18H19NO4S/c1-23-14-8-6-13(7-9-14)12-18(20)19-16-10-11-24(21,22)17-5-3-2-4-15(16)17/h2-9,16H,10-12H2,1H3,(H,19,20). The van der Waals surface area contributed by atoms with Gasteiger partial charge in [0.1, 0.15) is 5.75 Å². The van der Waals surface area contributed by atoms with Crippen LogP contribution < -0.4 is 10.1 Å². The first kappa shape index (κ1) is 16.5. The summed E-state index contributed by atoms with van der Waals surface area (Å²) in [6, 6.07) is 13.9. The van der Waals surface area contributed by atoms with Gasteiger partial charge in [0.05, 0.1) is 30.2 Å². The molecule has 1 aliphatic rings. The Bertz CT molecular complexity index is 844. The normalized spacial score (nSPS) is 18.5. The van der Waals surface area contributed by atoms with Gasteiger partial charge in [-0.1, -0.05) is 30.3 Å². The van der Waals surface area contributed by atoms with Crippen molar-refractivity contribution in [1.82, 2.24) is 5.32 Å². The molecule has 126 valence electrons. The number of carbonyl (C=O) groups excluding carboxylic acids is 1. The lowest BCUT2D eigenvalue weighted by atomic mass is 10.0. The molecular weight excluding hydrogens is 326 g/mol. The Labute approximate surface area is 141 Å². The van der Waals surface area contributed by atoms with Crippen LogP contribution in [0.15, 0.2) is 53.4 Å². The maximum atomic E-state index is 12.3. The molecule has 0 saturated carbocycles. The van der Waals surface area contributed by atoms with Crippen LogP contribution >= 0.6 is 0 Å². The van der Waals surface area contributed by atoms with Crippen LogP contribution in [0.1, 0.15) is 23.6 Å². The van der Waals surface area contributed by atoms with E-state index >= 15 is 0 Å². The van der Waals surface area contributed by atoms with Crippen molar-refractivity contribution < 1.29 is 17.9 Å². The number of ether oxygens (including phenoxy) is 1. The lowest BCUT2D eigenvalue weighted by Crippen LogP contribution is -2.34. The SMILES string of the molecule is COc1ccc(CC(=O)NC2CCS(=O)(=O)c3ccccc32)cc1. The number of nitrogens with one attached hydrogen (secondary N) is 1. The molecule has 3 rings (SSSR count). The molecular formula is C18H19NO4S. The largest absolute Gasteiger partial charge is 0.497 e. The molecule has 0 spiro atoms. The Morgan fingerprint density at radius 2 is 1.88 bits per heavy atom. The van der Waals surface area contributed by atoms with E-state index < -0.39 is 9.84 Å². The Morgan fingerprint density at radius 3 is 2.58 bits per heavy atom. The minimum Gasteiger partial charge on any atom is -0.497 e. The summed E-state index contributed by atoms with van der Waals surface area (Å²) >= 11 is 0. The van der Waals surface area contributed by atoms with Gasteiger partial charge in [0, 0.05) is 0 Å². The molecule has 2 aromatic rings. The summed E-state index contributed by atoms with van der Waals surface area (Å²) in [5.74, 6) is 0.669. The van der Waals surface area contributed by atoms with Crippen LogP contribution in [0.25, 0.3) is 0 Å². The number of benzene rings is 2. The molecule has 1 unspecified atom stereocenters. The van der Waals surface area contributed by atoms with Crippen LogP contribution in [-0.2, 0) is 21.1 Å². The molecule has 1 N–H and O–H groups in total. The van der Waals surface area contributed by atoms with Gasteiger partial charge in [0.25, 0.3) is 0 Å². The third kappa shape index (κ3) is 3.43. The van der Waals surface area contributed by atoms with E-state index in [1.807, 2.05) is 24.3 Å². The van der Waals surface area contributed by atoms with E-state index in [9.17, 15) is 13.2 Å². The molecule has 1 aliphatic heterocycles. The second-order valence-corrected chi connectivity index (χ2v) is 7.87. The van der Waals surface area contributed by atoms with Gasteiger partial charge in [-0.15, -0.1) is 0 Å². The first-order valence-electron chi connectivity index (χ1n) is 7.73. The average molecular weight is 345 g/mol. The summed E-state index contributed by atoms with van der Waals surface area (Å²) in [5, 5.41) is 2.96. The van der Waals surface area contributed by atoms with Crippen LogP contribution in [-0.4, -0.2) is 27.2 Å². The summed E-state index contributed by atoms with van der Waals surface area (Å²) in [6.45, 7) is 0. The summed E-state index contributed by atoms with van der Waals surface area (Å²) in [7, 11) is -1.65. The molecule has 1 amide bonds.